The number of ether oxygens (including phenoxy) is 2. The van der Waals surface area contributed by atoms with Crippen molar-refractivity contribution in [2.24, 2.45) is 7.05 Å². The van der Waals surface area contributed by atoms with Gasteiger partial charge in [-0.05, 0) is 33.8 Å². The summed E-state index contributed by atoms with van der Waals surface area (Å²) in [6, 6.07) is 1.69. The van der Waals surface area contributed by atoms with E-state index >= 15 is 0 Å². The highest BCUT2D eigenvalue weighted by atomic mass is 16.5. The van der Waals surface area contributed by atoms with Crippen molar-refractivity contribution in [1.82, 2.24) is 24.5 Å². The van der Waals surface area contributed by atoms with Crippen LogP contribution in [0.4, 0.5) is 0 Å². The average Bonchev–Trinajstić information content (AvgIpc) is 3.09. The van der Waals surface area contributed by atoms with Gasteiger partial charge in [0.15, 0.2) is 5.65 Å². The van der Waals surface area contributed by atoms with E-state index in [4.69, 9.17) is 14.5 Å². The minimum absolute atomic E-state index is 0.0970. The van der Waals surface area contributed by atoms with Crippen molar-refractivity contribution in [3.63, 3.8) is 0 Å². The first-order valence-corrected chi connectivity index (χ1v) is 8.91. The number of hydrogen-bond acceptors (Lipinski definition) is 7. The second-order valence-electron chi connectivity index (χ2n) is 6.46. The number of aryl methyl sites for hydroxylation is 3. The number of methoxy groups -OCH3 is 1. The van der Waals surface area contributed by atoms with Gasteiger partial charge < -0.3 is 9.47 Å². The predicted molar refractivity (Wildman–Crippen MR) is 102 cm³/mol. The molecule has 0 aromatic carbocycles. The molecule has 9 nitrogen and oxygen atoms in total. The van der Waals surface area contributed by atoms with Gasteiger partial charge in [-0.3, -0.25) is 9.48 Å². The van der Waals surface area contributed by atoms with E-state index in [2.05, 4.69) is 10.2 Å². The molecule has 0 aliphatic heterocycles. The maximum Gasteiger partial charge on any atom is 0.338 e. The van der Waals surface area contributed by atoms with Crippen LogP contribution in [0.25, 0.3) is 22.3 Å². The number of rotatable bonds is 5. The molecule has 0 radical (unpaired) electrons. The number of esters is 2. The molecule has 0 N–H and O–H groups in total. The van der Waals surface area contributed by atoms with Crippen molar-refractivity contribution in [3.05, 3.63) is 28.7 Å². The van der Waals surface area contributed by atoms with Crippen molar-refractivity contribution in [2.45, 2.75) is 34.2 Å². The maximum atomic E-state index is 12.5. The van der Waals surface area contributed by atoms with E-state index < -0.39 is 11.9 Å². The molecule has 0 spiro atoms. The van der Waals surface area contributed by atoms with Gasteiger partial charge in [-0.15, -0.1) is 0 Å². The number of carbonyl (C=O) groups is 2. The van der Waals surface area contributed by atoms with Crippen LogP contribution in [-0.4, -0.2) is 50.2 Å². The summed E-state index contributed by atoms with van der Waals surface area (Å²) in [5, 5.41) is 9.38. The molecule has 0 saturated carbocycles. The summed E-state index contributed by atoms with van der Waals surface area (Å²) in [6.07, 6.45) is 0. The molecule has 9 heteroatoms. The smallest absolute Gasteiger partial charge is 0.338 e. The molecule has 3 rings (SSSR count). The van der Waals surface area contributed by atoms with Crippen LogP contribution in [0.15, 0.2) is 6.07 Å². The Balaban J connectivity index is 2.29. The molecule has 0 aliphatic carbocycles. The molecule has 3 heterocycles. The molecule has 0 saturated heterocycles. The normalized spacial score (nSPS) is 11.1. The Morgan fingerprint density at radius 3 is 2.43 bits per heavy atom. The van der Waals surface area contributed by atoms with Gasteiger partial charge in [0.05, 0.1) is 41.7 Å². The Morgan fingerprint density at radius 2 is 1.86 bits per heavy atom. The standard InChI is InChI=1S/C19H23N5O4/c1-7-28-15(25)9-24-18-17(11(3)22-24)13(19(26)27-6)8-14(20-18)16-10(2)21-23(5)12(16)4/h8H,7,9H2,1-6H3. The number of aromatic nitrogens is 5. The topological polar surface area (TPSA) is 101 Å². The third-order valence-electron chi connectivity index (χ3n) is 4.63. The molecule has 0 atom stereocenters. The van der Waals surface area contributed by atoms with Gasteiger partial charge in [0.2, 0.25) is 0 Å². The molecule has 0 amide bonds. The van der Waals surface area contributed by atoms with Crippen LogP contribution in [0.2, 0.25) is 0 Å². The maximum absolute atomic E-state index is 12.5. The molecule has 0 bridgehead atoms. The number of carbonyl (C=O) groups excluding carboxylic acids is 2. The van der Waals surface area contributed by atoms with Crippen molar-refractivity contribution in [3.8, 4) is 11.3 Å². The van der Waals surface area contributed by atoms with E-state index in [0.717, 1.165) is 17.0 Å². The van der Waals surface area contributed by atoms with Crippen LogP contribution in [-0.2, 0) is 27.9 Å². The third-order valence-corrected chi connectivity index (χ3v) is 4.63. The first kappa shape index (κ1) is 19.5. The van der Waals surface area contributed by atoms with E-state index in [1.54, 1.807) is 24.6 Å². The van der Waals surface area contributed by atoms with Gasteiger partial charge in [0.1, 0.15) is 6.54 Å². The van der Waals surface area contributed by atoms with Crippen molar-refractivity contribution >= 4 is 23.0 Å². The van der Waals surface area contributed by atoms with Gasteiger partial charge in [0, 0.05) is 18.3 Å². The van der Waals surface area contributed by atoms with Crippen molar-refractivity contribution < 1.29 is 19.1 Å². The van der Waals surface area contributed by atoms with Crippen molar-refractivity contribution in [1.29, 1.82) is 0 Å². The summed E-state index contributed by atoms with van der Waals surface area (Å²) in [5.41, 5.74) is 4.45. The first-order valence-electron chi connectivity index (χ1n) is 8.91. The van der Waals surface area contributed by atoms with Gasteiger partial charge in [-0.25, -0.2) is 14.5 Å². The van der Waals surface area contributed by atoms with E-state index in [1.807, 2.05) is 20.9 Å². The van der Waals surface area contributed by atoms with Gasteiger partial charge in [0.25, 0.3) is 0 Å². The molecule has 3 aromatic rings. The van der Waals surface area contributed by atoms with E-state index in [0.29, 0.717) is 28.0 Å². The Kier molecular flexibility index (Phi) is 5.17. The highest BCUT2D eigenvalue weighted by molar-refractivity contribution is 6.05. The van der Waals surface area contributed by atoms with E-state index in [-0.39, 0.29) is 13.2 Å². The minimum atomic E-state index is -0.494. The fraction of sp³-hybridized carbons (Fsp3) is 0.421. The van der Waals surface area contributed by atoms with Gasteiger partial charge in [-0.1, -0.05) is 0 Å². The lowest BCUT2D eigenvalue weighted by atomic mass is 10.0. The van der Waals surface area contributed by atoms with Crippen molar-refractivity contribution in [2.75, 3.05) is 13.7 Å². The molecular formula is C19H23N5O4. The highest BCUT2D eigenvalue weighted by Crippen LogP contribution is 2.31. The van der Waals surface area contributed by atoms with Crippen LogP contribution < -0.4 is 0 Å². The zero-order chi connectivity index (χ0) is 20.6. The summed E-state index contributed by atoms with van der Waals surface area (Å²) >= 11 is 0. The van der Waals surface area contributed by atoms with Crippen LogP contribution in [0, 0.1) is 20.8 Å². The second kappa shape index (κ2) is 7.41. The van der Waals surface area contributed by atoms with E-state index in [1.165, 1.54) is 11.8 Å². The molecule has 0 unspecified atom stereocenters. The summed E-state index contributed by atoms with van der Waals surface area (Å²) in [6.45, 7) is 7.49. The molecular weight excluding hydrogens is 362 g/mol. The largest absolute Gasteiger partial charge is 0.465 e. The quantitative estimate of drug-likeness (QED) is 0.620. The van der Waals surface area contributed by atoms with Gasteiger partial charge in [-0.2, -0.15) is 10.2 Å². The summed E-state index contributed by atoms with van der Waals surface area (Å²) < 4.78 is 13.2. The Bertz CT molecular complexity index is 1080. The lowest BCUT2D eigenvalue weighted by Crippen LogP contribution is -2.15. The molecule has 0 fully saturated rings. The number of nitrogens with zero attached hydrogens (tertiary/aromatic N) is 5. The van der Waals surface area contributed by atoms with E-state index in [9.17, 15) is 9.59 Å². The Hall–Kier alpha value is -3.23. The number of fused-ring (bicyclic) bond motifs is 1. The second-order valence-corrected chi connectivity index (χ2v) is 6.46. The average molecular weight is 385 g/mol. The van der Waals surface area contributed by atoms with Crippen LogP contribution >= 0.6 is 0 Å². The molecule has 28 heavy (non-hydrogen) atoms. The summed E-state index contributed by atoms with van der Waals surface area (Å²) in [4.78, 5) is 29.2. The predicted octanol–water partition coefficient (Wildman–Crippen LogP) is 2.11. The van der Waals surface area contributed by atoms with Crippen LogP contribution in [0.3, 0.4) is 0 Å². The Morgan fingerprint density at radius 1 is 1.14 bits per heavy atom. The molecule has 3 aromatic heterocycles. The summed E-state index contributed by atoms with van der Waals surface area (Å²) in [7, 11) is 3.17. The molecule has 148 valence electrons. The Labute approximate surface area is 162 Å². The first-order chi connectivity index (χ1) is 13.3. The van der Waals surface area contributed by atoms with Crippen LogP contribution in [0.5, 0.6) is 0 Å². The van der Waals surface area contributed by atoms with Crippen LogP contribution in [0.1, 0.15) is 34.4 Å². The SMILES string of the molecule is CCOC(=O)Cn1nc(C)c2c(C(=O)OC)cc(-c3c(C)nn(C)c3C)nc21. The minimum Gasteiger partial charge on any atom is -0.465 e. The lowest BCUT2D eigenvalue weighted by molar-refractivity contribution is -0.143. The highest BCUT2D eigenvalue weighted by Gasteiger charge is 2.23. The lowest BCUT2D eigenvalue weighted by Gasteiger charge is -2.08. The third kappa shape index (κ3) is 3.23. The number of pyridine rings is 1. The molecule has 0 aliphatic rings. The zero-order valence-corrected chi connectivity index (χ0v) is 16.9. The fourth-order valence-corrected chi connectivity index (χ4v) is 3.34. The zero-order valence-electron chi connectivity index (χ0n) is 16.9. The monoisotopic (exact) mass is 385 g/mol. The summed E-state index contributed by atoms with van der Waals surface area (Å²) in [5.74, 6) is -0.918. The van der Waals surface area contributed by atoms with Gasteiger partial charge >= 0.3 is 11.9 Å². The number of hydrogen-bond donors (Lipinski definition) is 0. The fourth-order valence-electron chi connectivity index (χ4n) is 3.34.